The van der Waals surface area contributed by atoms with E-state index in [1.807, 2.05) is 0 Å². The van der Waals surface area contributed by atoms with Crippen molar-refractivity contribution in [3.05, 3.63) is 0 Å². The van der Waals surface area contributed by atoms with Gasteiger partial charge in [-0.1, -0.05) is 0 Å². The smallest absolute Gasteiger partial charge is 0.187 e. The number of hydrogen-bond donors (Lipinski definition) is 0. The number of methoxy groups -OCH3 is 12. The first kappa shape index (κ1) is 41.5. The normalized spacial score (nSPS) is 34.7. The summed E-state index contributed by atoms with van der Waals surface area (Å²) in [4.78, 5) is 0. The fourth-order valence-electron chi connectivity index (χ4n) is 6.18. The lowest BCUT2D eigenvalue weighted by atomic mass is 9.96. The van der Waals surface area contributed by atoms with Crippen molar-refractivity contribution in [2.75, 3.05) is 112 Å². The highest BCUT2D eigenvalue weighted by atomic mass is 16.8. The van der Waals surface area contributed by atoms with E-state index in [4.69, 9.17) is 75.8 Å². The molecule has 16 nitrogen and oxygen atoms in total. The third-order valence-electron chi connectivity index (χ3n) is 8.46. The maximum atomic E-state index is 6.67. The van der Waals surface area contributed by atoms with Crippen molar-refractivity contribution >= 4 is 0 Å². The predicted molar refractivity (Wildman–Crippen MR) is 161 cm³/mol. The van der Waals surface area contributed by atoms with Crippen LogP contribution in [-0.4, -0.2) is 198 Å². The van der Waals surface area contributed by atoms with E-state index < -0.39 is 85.8 Å². The lowest BCUT2D eigenvalue weighted by molar-refractivity contribution is -0.370. The molecule has 0 aromatic carbocycles. The zero-order valence-electron chi connectivity index (χ0n) is 29.4. The summed E-state index contributed by atoms with van der Waals surface area (Å²) in [5.41, 5.74) is 0. The maximum absolute atomic E-state index is 6.67. The molecule has 2 saturated heterocycles. The first-order valence-electron chi connectivity index (χ1n) is 15.1. The largest absolute Gasteiger partial charge is 0.382 e. The summed E-state index contributed by atoms with van der Waals surface area (Å²) >= 11 is 0. The number of ether oxygens (including phenoxy) is 16. The molecule has 2 fully saturated rings. The Labute approximate surface area is 273 Å². The highest BCUT2D eigenvalue weighted by molar-refractivity contribution is 4.97. The molecule has 14 atom stereocenters. The Balaban J connectivity index is 2.38. The van der Waals surface area contributed by atoms with Crippen LogP contribution >= 0.6 is 0 Å². The van der Waals surface area contributed by atoms with Crippen LogP contribution in [0.25, 0.3) is 0 Å². The van der Waals surface area contributed by atoms with Gasteiger partial charge in [0.2, 0.25) is 0 Å². The summed E-state index contributed by atoms with van der Waals surface area (Å²) in [5.74, 6) is 0. The van der Waals surface area contributed by atoms with Crippen LogP contribution in [0, 0.1) is 0 Å². The fourth-order valence-corrected chi connectivity index (χ4v) is 6.18. The van der Waals surface area contributed by atoms with Gasteiger partial charge in [-0.2, -0.15) is 0 Å². The third kappa shape index (κ3) is 10.2. The Hall–Kier alpha value is -0.640. The van der Waals surface area contributed by atoms with E-state index >= 15 is 0 Å². The third-order valence-corrected chi connectivity index (χ3v) is 8.46. The van der Waals surface area contributed by atoms with Gasteiger partial charge in [0.15, 0.2) is 12.6 Å². The molecule has 0 bridgehead atoms. The van der Waals surface area contributed by atoms with Crippen LogP contribution in [0.3, 0.4) is 0 Å². The van der Waals surface area contributed by atoms with Crippen molar-refractivity contribution in [1.29, 1.82) is 0 Å². The zero-order chi connectivity index (χ0) is 34.2. The van der Waals surface area contributed by atoms with Crippen LogP contribution in [0.15, 0.2) is 0 Å². The van der Waals surface area contributed by atoms with Gasteiger partial charge in [0.25, 0.3) is 0 Å². The second-order valence-electron chi connectivity index (χ2n) is 10.8. The molecule has 0 amide bonds. The van der Waals surface area contributed by atoms with Gasteiger partial charge in [-0.05, 0) is 0 Å². The predicted octanol–water partition coefficient (Wildman–Crippen LogP) is -0.0878. The highest BCUT2D eigenvalue weighted by Gasteiger charge is 2.54. The van der Waals surface area contributed by atoms with Gasteiger partial charge in [0.05, 0.1) is 26.4 Å². The lowest BCUT2D eigenvalue weighted by Crippen LogP contribution is -2.66. The minimum atomic E-state index is -0.945. The van der Waals surface area contributed by atoms with Crippen LogP contribution in [-0.2, 0) is 75.8 Å². The molecule has 0 radical (unpaired) electrons. The van der Waals surface area contributed by atoms with E-state index in [1.165, 1.54) is 7.11 Å². The summed E-state index contributed by atoms with van der Waals surface area (Å²) in [6.07, 6.45) is -9.06. The monoisotopic (exact) mass is 674 g/mol. The Morgan fingerprint density at radius 2 is 0.870 bits per heavy atom. The molecule has 0 aliphatic carbocycles. The van der Waals surface area contributed by atoms with Crippen LogP contribution in [0.4, 0.5) is 0 Å². The molecule has 46 heavy (non-hydrogen) atoms. The second kappa shape index (κ2) is 22.2. The van der Waals surface area contributed by atoms with Gasteiger partial charge >= 0.3 is 0 Å². The maximum Gasteiger partial charge on any atom is 0.187 e. The van der Waals surface area contributed by atoms with Gasteiger partial charge < -0.3 is 75.8 Å². The molecule has 14 unspecified atom stereocenters. The first-order chi connectivity index (χ1) is 22.3. The Morgan fingerprint density at radius 3 is 1.28 bits per heavy atom. The first-order valence-corrected chi connectivity index (χ1v) is 15.1. The Morgan fingerprint density at radius 1 is 0.435 bits per heavy atom. The van der Waals surface area contributed by atoms with Crippen molar-refractivity contribution in [1.82, 2.24) is 0 Å². The molecule has 0 N–H and O–H groups in total. The molecule has 0 aromatic heterocycles. The van der Waals surface area contributed by atoms with Crippen LogP contribution in [0.1, 0.15) is 0 Å². The lowest BCUT2D eigenvalue weighted by Gasteiger charge is -2.49. The summed E-state index contributed by atoms with van der Waals surface area (Å²) in [6.45, 7) is 0.730. The van der Waals surface area contributed by atoms with Crippen LogP contribution in [0.5, 0.6) is 0 Å². The molecular formula is C30H58O16. The number of rotatable bonds is 23. The van der Waals surface area contributed by atoms with Gasteiger partial charge in [-0.25, -0.2) is 0 Å². The average Bonchev–Trinajstić information content (AvgIpc) is 3.07. The second-order valence-corrected chi connectivity index (χ2v) is 10.8. The van der Waals surface area contributed by atoms with Crippen molar-refractivity contribution in [3.63, 3.8) is 0 Å². The fraction of sp³-hybridized carbons (Fsp3) is 1.00. The van der Waals surface area contributed by atoms with Crippen molar-refractivity contribution in [3.8, 4) is 0 Å². The topological polar surface area (TPSA) is 148 Å². The minimum Gasteiger partial charge on any atom is -0.382 e. The molecule has 0 saturated carbocycles. The van der Waals surface area contributed by atoms with Crippen molar-refractivity contribution in [2.45, 2.75) is 85.8 Å². The van der Waals surface area contributed by atoms with Crippen LogP contribution < -0.4 is 0 Å². The van der Waals surface area contributed by atoms with E-state index in [9.17, 15) is 0 Å². The van der Waals surface area contributed by atoms with E-state index in [2.05, 4.69) is 0 Å². The molecule has 0 aromatic rings. The summed E-state index contributed by atoms with van der Waals surface area (Å²) in [5, 5.41) is 0. The Kier molecular flexibility index (Phi) is 20.0. The average molecular weight is 675 g/mol. The Bertz CT molecular complexity index is 781. The van der Waals surface area contributed by atoms with Crippen molar-refractivity contribution in [2.24, 2.45) is 0 Å². The molecule has 2 aliphatic heterocycles. The molecule has 2 heterocycles. The van der Waals surface area contributed by atoms with E-state index in [-0.39, 0.29) is 26.4 Å². The van der Waals surface area contributed by atoms with Gasteiger partial charge in [0, 0.05) is 85.3 Å². The molecule has 2 aliphatic rings. The summed E-state index contributed by atoms with van der Waals surface area (Å²) in [6, 6.07) is 0. The van der Waals surface area contributed by atoms with E-state index in [1.54, 1.807) is 78.2 Å². The highest BCUT2D eigenvalue weighted by Crippen LogP contribution is 2.34. The van der Waals surface area contributed by atoms with E-state index in [0.717, 1.165) is 0 Å². The van der Waals surface area contributed by atoms with Crippen molar-refractivity contribution < 1.29 is 75.8 Å². The molecule has 274 valence electrons. The molecule has 2 rings (SSSR count). The SMILES string of the molecule is COCC(OC)C(OC)C(OC)C(COC1OC(COC)C(OC)C(OC2OC(COC)C(OC)C(OC)C2OC)C1OC)OC. The molecule has 0 spiro atoms. The zero-order valence-corrected chi connectivity index (χ0v) is 29.4. The van der Waals surface area contributed by atoms with E-state index in [0.29, 0.717) is 0 Å². The molecule has 16 heteroatoms. The molecular weight excluding hydrogens is 616 g/mol. The standard InChI is InChI=1S/C30H58O16/c1-31-13-17(34-4)21(36-6)22(37-7)18(35-5)16-43-29-28(42-12)26(24(39-9)20(44-29)15-33-3)46-30-27(41-11)25(40-10)23(38-8)19(45-30)14-32-2/h17-30H,13-16H2,1-12H3. The van der Waals surface area contributed by atoms with Crippen LogP contribution in [0.2, 0.25) is 0 Å². The van der Waals surface area contributed by atoms with Gasteiger partial charge in [-0.3, -0.25) is 0 Å². The summed E-state index contributed by atoms with van der Waals surface area (Å²) in [7, 11) is 18.8. The van der Waals surface area contributed by atoms with Gasteiger partial charge in [-0.15, -0.1) is 0 Å². The number of hydrogen-bond acceptors (Lipinski definition) is 16. The quantitative estimate of drug-likeness (QED) is 0.142. The van der Waals surface area contributed by atoms with Gasteiger partial charge in [0.1, 0.15) is 73.2 Å². The minimum absolute atomic E-state index is 0.0324. The summed E-state index contributed by atoms with van der Waals surface area (Å²) < 4.78 is 94.2.